The number of ether oxygens (including phenoxy) is 1. The Morgan fingerprint density at radius 1 is 1.27 bits per heavy atom. The molecule has 0 amide bonds. The Hall–Kier alpha value is -1.06. The molecule has 0 saturated heterocycles. The molecule has 0 atom stereocenters. The van der Waals surface area contributed by atoms with Crippen LogP contribution in [0.4, 0.5) is 0 Å². The van der Waals surface area contributed by atoms with Gasteiger partial charge in [0.2, 0.25) is 0 Å². The average Bonchev–Trinajstić information content (AvgIpc) is 2.17. The molecule has 3 heteroatoms. The standard InChI is InChI=1S/C12H19NO2/c1-12(2,3)10-6-4-5-7-11(10)15-9-8-13-14/h4-7,13-14H,8-9H2,1-3H3. The van der Waals surface area contributed by atoms with E-state index in [2.05, 4.69) is 32.3 Å². The number of nitrogens with one attached hydrogen (secondary N) is 1. The number of hydrogen-bond donors (Lipinski definition) is 2. The lowest BCUT2D eigenvalue weighted by atomic mass is 9.86. The van der Waals surface area contributed by atoms with Crippen LogP contribution >= 0.6 is 0 Å². The Balaban J connectivity index is 2.78. The van der Waals surface area contributed by atoms with Crippen LogP contribution in [-0.4, -0.2) is 18.4 Å². The lowest BCUT2D eigenvalue weighted by Gasteiger charge is -2.22. The summed E-state index contributed by atoms with van der Waals surface area (Å²) in [6.07, 6.45) is 0. The van der Waals surface area contributed by atoms with Crippen molar-refractivity contribution in [2.75, 3.05) is 13.2 Å². The summed E-state index contributed by atoms with van der Waals surface area (Å²) < 4.78 is 5.58. The summed E-state index contributed by atoms with van der Waals surface area (Å²) in [5.74, 6) is 0.889. The molecule has 0 unspecified atom stereocenters. The second kappa shape index (κ2) is 5.14. The highest BCUT2D eigenvalue weighted by Gasteiger charge is 2.17. The highest BCUT2D eigenvalue weighted by Crippen LogP contribution is 2.30. The Kier molecular flexibility index (Phi) is 4.12. The van der Waals surface area contributed by atoms with Gasteiger partial charge in [0.1, 0.15) is 12.4 Å². The maximum Gasteiger partial charge on any atom is 0.123 e. The van der Waals surface area contributed by atoms with Crippen LogP contribution in [0, 0.1) is 0 Å². The van der Waals surface area contributed by atoms with Crippen molar-refractivity contribution in [1.29, 1.82) is 0 Å². The zero-order valence-corrected chi connectivity index (χ0v) is 9.58. The molecule has 0 spiro atoms. The van der Waals surface area contributed by atoms with E-state index in [1.54, 1.807) is 0 Å². The minimum atomic E-state index is 0.0727. The Morgan fingerprint density at radius 2 is 1.93 bits per heavy atom. The lowest BCUT2D eigenvalue weighted by molar-refractivity contribution is 0.145. The van der Waals surface area contributed by atoms with Gasteiger partial charge in [-0.2, -0.15) is 0 Å². The zero-order valence-electron chi connectivity index (χ0n) is 9.58. The fourth-order valence-electron chi connectivity index (χ4n) is 1.42. The number of hydrogen-bond acceptors (Lipinski definition) is 3. The van der Waals surface area contributed by atoms with E-state index in [1.807, 2.05) is 18.2 Å². The van der Waals surface area contributed by atoms with Crippen molar-refractivity contribution in [1.82, 2.24) is 5.48 Å². The summed E-state index contributed by atoms with van der Waals surface area (Å²) in [5.41, 5.74) is 3.33. The average molecular weight is 209 g/mol. The number of hydroxylamine groups is 1. The van der Waals surface area contributed by atoms with Crippen LogP contribution in [0.5, 0.6) is 5.75 Å². The first kappa shape index (κ1) is 12.0. The highest BCUT2D eigenvalue weighted by atomic mass is 16.5. The van der Waals surface area contributed by atoms with E-state index in [4.69, 9.17) is 9.94 Å². The number of benzene rings is 1. The van der Waals surface area contributed by atoms with E-state index >= 15 is 0 Å². The molecular weight excluding hydrogens is 190 g/mol. The second-order valence-electron chi connectivity index (χ2n) is 4.50. The number of para-hydroxylation sites is 1. The van der Waals surface area contributed by atoms with Gasteiger partial charge < -0.3 is 9.94 Å². The third kappa shape index (κ3) is 3.53. The predicted octanol–water partition coefficient (Wildman–Crippen LogP) is 2.34. The van der Waals surface area contributed by atoms with Crippen molar-refractivity contribution in [3.8, 4) is 5.75 Å². The van der Waals surface area contributed by atoms with Gasteiger partial charge in [-0.25, -0.2) is 5.48 Å². The number of rotatable bonds is 4. The van der Waals surface area contributed by atoms with E-state index in [1.165, 1.54) is 5.56 Å². The van der Waals surface area contributed by atoms with Gasteiger partial charge in [-0.15, -0.1) is 0 Å². The van der Waals surface area contributed by atoms with Crippen molar-refractivity contribution < 1.29 is 9.94 Å². The highest BCUT2D eigenvalue weighted by molar-refractivity contribution is 5.38. The van der Waals surface area contributed by atoms with Crippen LogP contribution < -0.4 is 10.2 Å². The van der Waals surface area contributed by atoms with Gasteiger partial charge in [-0.05, 0) is 17.0 Å². The molecule has 0 radical (unpaired) electrons. The fourth-order valence-corrected chi connectivity index (χ4v) is 1.42. The van der Waals surface area contributed by atoms with Crippen molar-refractivity contribution in [2.24, 2.45) is 0 Å². The summed E-state index contributed by atoms with van der Waals surface area (Å²) >= 11 is 0. The van der Waals surface area contributed by atoms with Crippen LogP contribution in [0.1, 0.15) is 26.3 Å². The molecule has 15 heavy (non-hydrogen) atoms. The quantitative estimate of drug-likeness (QED) is 0.590. The summed E-state index contributed by atoms with van der Waals surface area (Å²) in [7, 11) is 0. The molecule has 0 fully saturated rings. The molecule has 84 valence electrons. The van der Waals surface area contributed by atoms with Gasteiger partial charge in [0.05, 0.1) is 6.54 Å². The van der Waals surface area contributed by atoms with E-state index < -0.39 is 0 Å². The Labute approximate surface area is 91.0 Å². The largest absolute Gasteiger partial charge is 0.492 e. The second-order valence-corrected chi connectivity index (χ2v) is 4.50. The summed E-state index contributed by atoms with van der Waals surface area (Å²) in [4.78, 5) is 0. The molecule has 0 heterocycles. The molecular formula is C12H19NO2. The van der Waals surface area contributed by atoms with Crippen LogP contribution in [-0.2, 0) is 5.41 Å². The first-order valence-electron chi connectivity index (χ1n) is 5.15. The molecule has 1 aromatic carbocycles. The smallest absolute Gasteiger partial charge is 0.123 e. The molecule has 0 aliphatic carbocycles. The minimum absolute atomic E-state index is 0.0727. The molecule has 0 aliphatic heterocycles. The van der Waals surface area contributed by atoms with Crippen molar-refractivity contribution >= 4 is 0 Å². The maximum atomic E-state index is 8.44. The Morgan fingerprint density at radius 3 is 2.53 bits per heavy atom. The van der Waals surface area contributed by atoms with Gasteiger partial charge >= 0.3 is 0 Å². The zero-order chi connectivity index (χ0) is 11.3. The Bertz CT molecular complexity index is 305. The molecule has 3 nitrogen and oxygen atoms in total. The summed E-state index contributed by atoms with van der Waals surface area (Å²) in [5, 5.41) is 8.44. The molecule has 0 aliphatic rings. The topological polar surface area (TPSA) is 41.5 Å². The van der Waals surface area contributed by atoms with E-state index in [0.29, 0.717) is 13.2 Å². The summed E-state index contributed by atoms with van der Waals surface area (Å²) in [6.45, 7) is 7.35. The third-order valence-electron chi connectivity index (χ3n) is 2.17. The predicted molar refractivity (Wildman–Crippen MR) is 60.4 cm³/mol. The van der Waals surface area contributed by atoms with Crippen LogP contribution in [0.3, 0.4) is 0 Å². The summed E-state index contributed by atoms with van der Waals surface area (Å²) in [6, 6.07) is 7.99. The first-order chi connectivity index (χ1) is 7.05. The molecule has 0 bridgehead atoms. The van der Waals surface area contributed by atoms with Crippen molar-refractivity contribution in [2.45, 2.75) is 26.2 Å². The minimum Gasteiger partial charge on any atom is -0.492 e. The monoisotopic (exact) mass is 209 g/mol. The van der Waals surface area contributed by atoms with Gasteiger partial charge in [-0.1, -0.05) is 39.0 Å². The van der Waals surface area contributed by atoms with Crippen LogP contribution in [0.25, 0.3) is 0 Å². The first-order valence-corrected chi connectivity index (χ1v) is 5.15. The molecule has 0 aromatic heterocycles. The fraction of sp³-hybridized carbons (Fsp3) is 0.500. The van der Waals surface area contributed by atoms with Crippen molar-refractivity contribution in [3.05, 3.63) is 29.8 Å². The maximum absolute atomic E-state index is 8.44. The van der Waals surface area contributed by atoms with E-state index in [9.17, 15) is 0 Å². The lowest BCUT2D eigenvalue weighted by Crippen LogP contribution is -2.19. The van der Waals surface area contributed by atoms with Crippen LogP contribution in [0.15, 0.2) is 24.3 Å². The van der Waals surface area contributed by atoms with Gasteiger partial charge in [0.15, 0.2) is 0 Å². The molecule has 0 saturated carbocycles. The SMILES string of the molecule is CC(C)(C)c1ccccc1OCCNO. The van der Waals surface area contributed by atoms with E-state index in [-0.39, 0.29) is 5.41 Å². The van der Waals surface area contributed by atoms with Gasteiger partial charge in [0, 0.05) is 0 Å². The molecule has 1 aromatic rings. The van der Waals surface area contributed by atoms with Crippen LogP contribution in [0.2, 0.25) is 0 Å². The van der Waals surface area contributed by atoms with Crippen molar-refractivity contribution in [3.63, 3.8) is 0 Å². The normalized spacial score (nSPS) is 11.5. The van der Waals surface area contributed by atoms with E-state index in [0.717, 1.165) is 5.75 Å². The third-order valence-corrected chi connectivity index (χ3v) is 2.17. The van der Waals surface area contributed by atoms with Gasteiger partial charge in [-0.3, -0.25) is 0 Å². The molecule has 2 N–H and O–H groups in total. The molecule has 1 rings (SSSR count). The van der Waals surface area contributed by atoms with Gasteiger partial charge in [0.25, 0.3) is 0 Å².